The molecule has 0 unspecified atom stereocenters. The van der Waals surface area contributed by atoms with Crippen LogP contribution in [0.5, 0.6) is 0 Å². The van der Waals surface area contributed by atoms with E-state index < -0.39 is 11.6 Å². The summed E-state index contributed by atoms with van der Waals surface area (Å²) in [4.78, 5) is 5.26. The van der Waals surface area contributed by atoms with Gasteiger partial charge >= 0.3 is 0 Å². The maximum Gasteiger partial charge on any atom is 0.140 e. The number of pyridine rings is 1. The number of aromatic nitrogens is 1. The second-order valence-electron chi connectivity index (χ2n) is 4.38. The minimum absolute atomic E-state index is 0.315. The van der Waals surface area contributed by atoms with Gasteiger partial charge in [-0.3, -0.25) is 4.98 Å². The average Bonchev–Trinajstić information content (AvgIpc) is 2.44. The highest BCUT2D eigenvalue weighted by Crippen LogP contribution is 2.38. The van der Waals surface area contributed by atoms with Crippen LogP contribution in [-0.4, -0.2) is 4.98 Å². The third-order valence-electron chi connectivity index (χ3n) is 2.91. The number of halogens is 3. The molecule has 0 bridgehead atoms. The molecule has 2 aromatic carbocycles. The number of nitrogen functional groups attached to an aromatic ring is 1. The van der Waals surface area contributed by atoms with Crippen LogP contribution in [0.15, 0.2) is 56.9 Å². The van der Waals surface area contributed by atoms with E-state index >= 15 is 0 Å². The van der Waals surface area contributed by atoms with Crippen molar-refractivity contribution in [2.24, 2.45) is 0 Å². The number of rotatable bonds is 2. The summed E-state index contributed by atoms with van der Waals surface area (Å²) < 4.78 is 27.7. The van der Waals surface area contributed by atoms with Gasteiger partial charge < -0.3 is 5.73 Å². The second-order valence-corrected chi connectivity index (χ2v) is 6.35. The standard InChI is InChI=1S/C15H9BrF2N2S/c16-8-1-3-13-10(5-8)15(12(19)7-20-13)21-14-4-2-9(17)6-11(14)18/h1-7H,19H2. The molecule has 0 aliphatic carbocycles. The van der Waals surface area contributed by atoms with Crippen molar-refractivity contribution in [3.8, 4) is 0 Å². The molecule has 0 radical (unpaired) electrons. The molecule has 3 aromatic rings. The highest BCUT2D eigenvalue weighted by atomic mass is 79.9. The first-order valence-corrected chi connectivity index (χ1v) is 7.62. The summed E-state index contributed by atoms with van der Waals surface area (Å²) in [6.07, 6.45) is 1.54. The van der Waals surface area contributed by atoms with Crippen LogP contribution < -0.4 is 5.73 Å². The van der Waals surface area contributed by atoms with Crippen LogP contribution in [0.2, 0.25) is 0 Å². The maximum absolute atomic E-state index is 13.8. The zero-order valence-electron chi connectivity index (χ0n) is 10.6. The molecule has 3 rings (SSSR count). The highest BCUT2D eigenvalue weighted by molar-refractivity contribution is 9.10. The van der Waals surface area contributed by atoms with Gasteiger partial charge in [0.15, 0.2) is 0 Å². The van der Waals surface area contributed by atoms with Crippen molar-refractivity contribution in [3.05, 3.63) is 58.7 Å². The molecule has 0 fully saturated rings. The van der Waals surface area contributed by atoms with E-state index in [0.717, 1.165) is 33.2 Å². The number of hydrogen-bond acceptors (Lipinski definition) is 3. The van der Waals surface area contributed by atoms with Crippen molar-refractivity contribution in [2.75, 3.05) is 5.73 Å². The summed E-state index contributed by atoms with van der Waals surface area (Å²) in [7, 11) is 0. The molecule has 0 saturated carbocycles. The number of nitrogens with two attached hydrogens (primary N) is 1. The SMILES string of the molecule is Nc1cnc2ccc(Br)cc2c1Sc1ccc(F)cc1F. The molecule has 1 aromatic heterocycles. The normalized spacial score (nSPS) is 11.0. The number of hydrogen-bond donors (Lipinski definition) is 1. The zero-order valence-corrected chi connectivity index (χ0v) is 13.0. The van der Waals surface area contributed by atoms with Gasteiger partial charge in [-0.1, -0.05) is 27.7 Å². The minimum Gasteiger partial charge on any atom is -0.397 e. The Kier molecular flexibility index (Phi) is 3.82. The fraction of sp³-hybridized carbons (Fsp3) is 0. The van der Waals surface area contributed by atoms with E-state index in [1.54, 1.807) is 6.20 Å². The summed E-state index contributed by atoms with van der Waals surface area (Å²) in [5.41, 5.74) is 7.18. The number of anilines is 1. The molecule has 6 heteroatoms. The molecule has 106 valence electrons. The van der Waals surface area contributed by atoms with Crippen LogP contribution in [0.25, 0.3) is 10.9 Å². The summed E-state index contributed by atoms with van der Waals surface area (Å²) in [5.74, 6) is -1.22. The van der Waals surface area contributed by atoms with Gasteiger partial charge in [0.2, 0.25) is 0 Å². The lowest BCUT2D eigenvalue weighted by Gasteiger charge is -2.10. The van der Waals surface area contributed by atoms with E-state index in [2.05, 4.69) is 20.9 Å². The number of nitrogens with zero attached hydrogens (tertiary/aromatic N) is 1. The zero-order chi connectivity index (χ0) is 15.0. The van der Waals surface area contributed by atoms with Gasteiger partial charge in [0.05, 0.1) is 17.4 Å². The monoisotopic (exact) mass is 366 g/mol. The Morgan fingerprint density at radius 1 is 1.10 bits per heavy atom. The Balaban J connectivity index is 2.15. The first-order valence-electron chi connectivity index (χ1n) is 6.01. The van der Waals surface area contributed by atoms with Gasteiger partial charge in [-0.05, 0) is 30.3 Å². The molecular formula is C15H9BrF2N2S. The fourth-order valence-electron chi connectivity index (χ4n) is 1.94. The minimum atomic E-state index is -0.612. The van der Waals surface area contributed by atoms with Crippen LogP contribution in [0.3, 0.4) is 0 Å². The van der Waals surface area contributed by atoms with Crippen molar-refractivity contribution in [3.63, 3.8) is 0 Å². The summed E-state index contributed by atoms with van der Waals surface area (Å²) >= 11 is 4.56. The van der Waals surface area contributed by atoms with E-state index in [4.69, 9.17) is 5.73 Å². The van der Waals surface area contributed by atoms with E-state index in [1.165, 1.54) is 12.1 Å². The average molecular weight is 367 g/mol. The Bertz CT molecular complexity index is 834. The molecule has 0 aliphatic heterocycles. The van der Waals surface area contributed by atoms with E-state index in [-0.39, 0.29) is 0 Å². The quantitative estimate of drug-likeness (QED) is 0.692. The lowest BCUT2D eigenvalue weighted by Crippen LogP contribution is -1.93. The van der Waals surface area contributed by atoms with Crippen LogP contribution in [0.1, 0.15) is 0 Å². The highest BCUT2D eigenvalue weighted by Gasteiger charge is 2.12. The predicted molar refractivity (Wildman–Crippen MR) is 84.3 cm³/mol. The molecule has 0 aliphatic rings. The first-order chi connectivity index (χ1) is 10.0. The fourth-order valence-corrected chi connectivity index (χ4v) is 3.26. The van der Waals surface area contributed by atoms with Crippen LogP contribution >= 0.6 is 27.7 Å². The molecule has 0 atom stereocenters. The van der Waals surface area contributed by atoms with Crippen molar-refractivity contribution < 1.29 is 8.78 Å². The third kappa shape index (κ3) is 2.87. The Morgan fingerprint density at radius 3 is 2.67 bits per heavy atom. The van der Waals surface area contributed by atoms with Crippen LogP contribution in [0, 0.1) is 11.6 Å². The van der Waals surface area contributed by atoms with Crippen molar-refractivity contribution in [1.29, 1.82) is 0 Å². The van der Waals surface area contributed by atoms with Gasteiger partial charge in [0, 0.05) is 25.7 Å². The van der Waals surface area contributed by atoms with E-state index in [1.807, 2.05) is 18.2 Å². The van der Waals surface area contributed by atoms with Gasteiger partial charge in [0.25, 0.3) is 0 Å². The predicted octanol–water partition coefficient (Wildman–Crippen LogP) is 5.01. The van der Waals surface area contributed by atoms with Gasteiger partial charge in [-0.25, -0.2) is 8.78 Å². The maximum atomic E-state index is 13.8. The largest absolute Gasteiger partial charge is 0.397 e. The molecule has 2 N–H and O–H groups in total. The van der Waals surface area contributed by atoms with Crippen molar-refractivity contribution in [1.82, 2.24) is 4.98 Å². The molecule has 0 amide bonds. The summed E-state index contributed by atoms with van der Waals surface area (Å²) in [6.45, 7) is 0. The lowest BCUT2D eigenvalue weighted by atomic mass is 10.2. The van der Waals surface area contributed by atoms with Crippen LogP contribution in [-0.2, 0) is 0 Å². The molecule has 0 saturated heterocycles. The lowest BCUT2D eigenvalue weighted by molar-refractivity contribution is 0.566. The molecule has 21 heavy (non-hydrogen) atoms. The molecular weight excluding hydrogens is 358 g/mol. The van der Waals surface area contributed by atoms with Crippen LogP contribution in [0.4, 0.5) is 14.5 Å². The molecule has 1 heterocycles. The first kappa shape index (κ1) is 14.3. The Morgan fingerprint density at radius 2 is 1.90 bits per heavy atom. The Labute approximate surface area is 132 Å². The molecule has 0 spiro atoms. The van der Waals surface area contributed by atoms with Gasteiger partial charge in [0.1, 0.15) is 11.6 Å². The summed E-state index contributed by atoms with van der Waals surface area (Å²) in [5, 5.41) is 0.818. The smallest absolute Gasteiger partial charge is 0.140 e. The molecule has 2 nitrogen and oxygen atoms in total. The van der Waals surface area contributed by atoms with Crippen molar-refractivity contribution >= 4 is 44.3 Å². The summed E-state index contributed by atoms with van der Waals surface area (Å²) in [6, 6.07) is 9.09. The topological polar surface area (TPSA) is 38.9 Å². The Hall–Kier alpha value is -1.66. The van der Waals surface area contributed by atoms with E-state index in [0.29, 0.717) is 15.5 Å². The van der Waals surface area contributed by atoms with Gasteiger partial charge in [-0.2, -0.15) is 0 Å². The second kappa shape index (κ2) is 5.61. The van der Waals surface area contributed by atoms with Crippen molar-refractivity contribution in [2.45, 2.75) is 9.79 Å². The third-order valence-corrected chi connectivity index (χ3v) is 4.62. The van der Waals surface area contributed by atoms with E-state index in [9.17, 15) is 8.78 Å². The number of benzene rings is 2. The number of fused-ring (bicyclic) bond motifs is 1. The van der Waals surface area contributed by atoms with Gasteiger partial charge in [-0.15, -0.1) is 0 Å².